The maximum absolute atomic E-state index is 13.5. The second-order valence-electron chi connectivity index (χ2n) is 8.79. The van der Waals surface area contributed by atoms with Crippen molar-refractivity contribution in [2.75, 3.05) is 24.5 Å². The van der Waals surface area contributed by atoms with Crippen LogP contribution in [-0.4, -0.2) is 45.6 Å². The van der Waals surface area contributed by atoms with Gasteiger partial charge in [0.2, 0.25) is 5.88 Å². The number of unbranched alkanes of at least 4 members (excludes halogenated alkanes) is 1. The summed E-state index contributed by atoms with van der Waals surface area (Å²) < 4.78 is 0. The quantitative estimate of drug-likeness (QED) is 0.457. The number of aryl methyl sites for hydroxylation is 1. The number of benzene rings is 2. The summed E-state index contributed by atoms with van der Waals surface area (Å²) in [4.78, 5) is 21.6. The van der Waals surface area contributed by atoms with Crippen LogP contribution < -0.4 is 4.90 Å². The lowest BCUT2D eigenvalue weighted by Gasteiger charge is -2.28. The van der Waals surface area contributed by atoms with E-state index in [9.17, 15) is 15.0 Å². The number of likely N-dealkylation sites (tertiary alicyclic amines) is 1. The van der Waals surface area contributed by atoms with E-state index < -0.39 is 5.88 Å². The van der Waals surface area contributed by atoms with Gasteiger partial charge in [-0.05, 0) is 43.9 Å². The third kappa shape index (κ3) is 4.72. The van der Waals surface area contributed by atoms with Crippen LogP contribution in [0, 0.1) is 0 Å². The number of anilines is 2. The summed E-state index contributed by atoms with van der Waals surface area (Å²) in [6.45, 7) is 5.78. The van der Waals surface area contributed by atoms with Crippen LogP contribution in [0.4, 0.5) is 11.4 Å². The number of nitrogens with zero attached hydrogens (tertiary/aromatic N) is 3. The topological polar surface area (TPSA) is 76.9 Å². The van der Waals surface area contributed by atoms with Gasteiger partial charge in [-0.3, -0.25) is 4.79 Å². The molecule has 34 heavy (non-hydrogen) atoms. The van der Waals surface area contributed by atoms with E-state index in [1.807, 2.05) is 60.4 Å². The Morgan fingerprint density at radius 2 is 1.74 bits per heavy atom. The fraction of sp³-hybridized carbons (Fsp3) is 0.357. The number of pyridine rings is 1. The van der Waals surface area contributed by atoms with Crippen molar-refractivity contribution in [3.63, 3.8) is 0 Å². The Morgan fingerprint density at radius 3 is 2.38 bits per heavy atom. The number of amides is 1. The molecule has 1 saturated heterocycles. The smallest absolute Gasteiger partial charge is 0.263 e. The lowest BCUT2D eigenvalue weighted by molar-refractivity contribution is 0.0783. The molecule has 6 nitrogen and oxygen atoms in total. The lowest BCUT2D eigenvalue weighted by Crippen LogP contribution is -2.29. The highest BCUT2D eigenvalue weighted by Gasteiger charge is 2.34. The summed E-state index contributed by atoms with van der Waals surface area (Å²) in [6, 6.07) is 19.9. The molecule has 0 spiro atoms. The molecule has 1 aliphatic heterocycles. The fourth-order valence-corrected chi connectivity index (χ4v) is 4.77. The normalized spacial score (nSPS) is 15.5. The lowest BCUT2D eigenvalue weighted by atomic mass is 9.99. The summed E-state index contributed by atoms with van der Waals surface area (Å²) in [6.07, 6.45) is 3.26. The van der Waals surface area contributed by atoms with Crippen molar-refractivity contribution in [3.8, 4) is 11.6 Å². The Balaban J connectivity index is 1.72. The third-order valence-electron chi connectivity index (χ3n) is 6.58. The van der Waals surface area contributed by atoms with Crippen LogP contribution in [0.1, 0.15) is 60.6 Å². The first kappa shape index (κ1) is 23.6. The molecule has 2 aromatic carbocycles. The Bertz CT molecular complexity index is 1120. The molecule has 2 N–H and O–H groups in total. The monoisotopic (exact) mass is 459 g/mol. The largest absolute Gasteiger partial charge is 0.505 e. The summed E-state index contributed by atoms with van der Waals surface area (Å²) in [5.41, 5.74) is 3.08. The van der Waals surface area contributed by atoms with E-state index >= 15 is 0 Å². The maximum atomic E-state index is 13.5. The van der Waals surface area contributed by atoms with E-state index in [4.69, 9.17) is 0 Å². The predicted octanol–water partition coefficient (Wildman–Crippen LogP) is 5.62. The van der Waals surface area contributed by atoms with Gasteiger partial charge < -0.3 is 20.0 Å². The minimum atomic E-state index is -0.398. The van der Waals surface area contributed by atoms with Crippen LogP contribution in [0.3, 0.4) is 0 Å². The van der Waals surface area contributed by atoms with Gasteiger partial charge in [-0.2, -0.15) is 0 Å². The molecular weight excluding hydrogens is 426 g/mol. The summed E-state index contributed by atoms with van der Waals surface area (Å²) in [5, 5.41) is 22.2. The van der Waals surface area contributed by atoms with E-state index in [1.54, 1.807) is 4.90 Å². The molecule has 2 heterocycles. The van der Waals surface area contributed by atoms with Crippen LogP contribution in [0.25, 0.3) is 0 Å². The van der Waals surface area contributed by atoms with Gasteiger partial charge in [0, 0.05) is 31.2 Å². The molecule has 0 saturated carbocycles. The van der Waals surface area contributed by atoms with Gasteiger partial charge >= 0.3 is 0 Å². The van der Waals surface area contributed by atoms with Gasteiger partial charge in [-0.1, -0.05) is 61.9 Å². The van der Waals surface area contributed by atoms with Gasteiger partial charge in [0.15, 0.2) is 5.75 Å². The zero-order valence-electron chi connectivity index (χ0n) is 19.9. The van der Waals surface area contributed by atoms with Gasteiger partial charge in [0.05, 0.1) is 5.69 Å². The standard InChI is InChI=1S/C28H33N3O3/c1-3-5-16-23-25(31(4-2)22-14-10-7-11-15-22)26(32)24(27(33)29-23)28(34)30-18-17-21(19-30)20-12-8-6-9-13-20/h6-15,21H,3-5,16-19H2,1-2H3,(H2,29,32,33)/t21-/m1/s1. The number of hydrogen-bond donors (Lipinski definition) is 2. The van der Waals surface area contributed by atoms with E-state index in [2.05, 4.69) is 24.0 Å². The highest BCUT2D eigenvalue weighted by Crippen LogP contribution is 2.43. The van der Waals surface area contributed by atoms with Gasteiger partial charge in [-0.25, -0.2) is 4.98 Å². The van der Waals surface area contributed by atoms with E-state index in [-0.39, 0.29) is 23.1 Å². The second kappa shape index (κ2) is 10.6. The molecule has 1 aliphatic rings. The molecule has 0 bridgehead atoms. The van der Waals surface area contributed by atoms with Crippen LogP contribution in [0.5, 0.6) is 11.6 Å². The summed E-state index contributed by atoms with van der Waals surface area (Å²) >= 11 is 0. The number of aromatic nitrogens is 1. The van der Waals surface area contributed by atoms with Crippen molar-refractivity contribution in [3.05, 3.63) is 77.5 Å². The minimum absolute atomic E-state index is 0.113. The van der Waals surface area contributed by atoms with Crippen molar-refractivity contribution in [1.29, 1.82) is 0 Å². The molecule has 178 valence electrons. The number of carbonyl (C=O) groups excluding carboxylic acids is 1. The number of aromatic hydroxyl groups is 2. The highest BCUT2D eigenvalue weighted by atomic mass is 16.3. The van der Waals surface area contributed by atoms with Gasteiger partial charge in [0.25, 0.3) is 5.91 Å². The molecule has 6 heteroatoms. The van der Waals surface area contributed by atoms with Crippen LogP contribution in [0.15, 0.2) is 60.7 Å². The summed E-state index contributed by atoms with van der Waals surface area (Å²) in [7, 11) is 0. The molecule has 3 aromatic rings. The van der Waals surface area contributed by atoms with E-state index in [0.717, 1.165) is 24.9 Å². The van der Waals surface area contributed by atoms with Crippen molar-refractivity contribution >= 4 is 17.3 Å². The Kier molecular flexibility index (Phi) is 7.36. The number of rotatable bonds is 8. The van der Waals surface area contributed by atoms with Crippen LogP contribution >= 0.6 is 0 Å². The highest BCUT2D eigenvalue weighted by molar-refractivity contribution is 6.01. The van der Waals surface area contributed by atoms with Crippen molar-refractivity contribution in [2.24, 2.45) is 0 Å². The van der Waals surface area contributed by atoms with Crippen molar-refractivity contribution < 1.29 is 15.0 Å². The first-order valence-corrected chi connectivity index (χ1v) is 12.2. The molecule has 0 aliphatic carbocycles. The molecule has 1 aromatic heterocycles. The van der Waals surface area contributed by atoms with Crippen LogP contribution in [0.2, 0.25) is 0 Å². The molecule has 1 atom stereocenters. The molecule has 1 fully saturated rings. The predicted molar refractivity (Wildman–Crippen MR) is 135 cm³/mol. The number of hydrogen-bond acceptors (Lipinski definition) is 5. The summed E-state index contributed by atoms with van der Waals surface area (Å²) in [5.74, 6) is -0.738. The first-order chi connectivity index (χ1) is 16.5. The molecule has 0 unspecified atom stereocenters. The average molecular weight is 460 g/mol. The minimum Gasteiger partial charge on any atom is -0.505 e. The maximum Gasteiger partial charge on any atom is 0.263 e. The van der Waals surface area contributed by atoms with Gasteiger partial charge in [-0.15, -0.1) is 0 Å². The third-order valence-corrected chi connectivity index (χ3v) is 6.58. The van der Waals surface area contributed by atoms with E-state index in [1.165, 1.54) is 5.56 Å². The molecular formula is C28H33N3O3. The zero-order valence-corrected chi connectivity index (χ0v) is 19.9. The first-order valence-electron chi connectivity index (χ1n) is 12.2. The Hall–Kier alpha value is -3.54. The van der Waals surface area contributed by atoms with E-state index in [0.29, 0.717) is 37.4 Å². The number of para-hydroxylation sites is 1. The van der Waals surface area contributed by atoms with Crippen molar-refractivity contribution in [1.82, 2.24) is 9.88 Å². The van der Waals surface area contributed by atoms with Gasteiger partial charge in [0.1, 0.15) is 11.3 Å². The number of carbonyl (C=O) groups is 1. The molecule has 4 rings (SSSR count). The average Bonchev–Trinajstić information content (AvgIpc) is 3.36. The zero-order chi connectivity index (χ0) is 24.1. The SMILES string of the molecule is CCCCc1nc(O)c(C(=O)N2CC[C@@H](c3ccccc3)C2)c(O)c1N(CC)c1ccccc1. The Morgan fingerprint density at radius 1 is 1.06 bits per heavy atom. The Labute approximate surface area is 201 Å². The van der Waals surface area contributed by atoms with Crippen LogP contribution in [-0.2, 0) is 6.42 Å². The van der Waals surface area contributed by atoms with Crippen molar-refractivity contribution in [2.45, 2.75) is 45.4 Å². The fourth-order valence-electron chi connectivity index (χ4n) is 4.77. The molecule has 0 radical (unpaired) electrons. The second-order valence-corrected chi connectivity index (χ2v) is 8.79. The molecule has 1 amide bonds.